The molecular weight excluding hydrogens is 442 g/mol. The van der Waals surface area contributed by atoms with Gasteiger partial charge in [0.2, 0.25) is 0 Å². The van der Waals surface area contributed by atoms with Gasteiger partial charge in [0.15, 0.2) is 0 Å². The summed E-state index contributed by atoms with van der Waals surface area (Å²) in [4.78, 5) is 15.5. The summed E-state index contributed by atoms with van der Waals surface area (Å²) in [7, 11) is 0. The lowest BCUT2D eigenvalue weighted by Crippen LogP contribution is -2.54. The third-order valence-corrected chi connectivity index (χ3v) is 5.38. The number of halogens is 4. The maximum atomic E-state index is 11.1. The number of hydrogen-bond acceptors (Lipinski definition) is 3. The SMILES string of the molecule is CC1CN(C(c2ccc(Cl)cc2)c2ccc(Cl)cc2)CCN1CC(=O)O.Cl.Cl. The van der Waals surface area contributed by atoms with E-state index >= 15 is 0 Å². The summed E-state index contributed by atoms with van der Waals surface area (Å²) >= 11 is 12.1. The van der Waals surface area contributed by atoms with Crippen molar-refractivity contribution in [1.29, 1.82) is 0 Å². The van der Waals surface area contributed by atoms with Crippen molar-refractivity contribution >= 4 is 54.0 Å². The fraction of sp³-hybridized carbons (Fsp3) is 0.350. The molecule has 1 aliphatic heterocycles. The van der Waals surface area contributed by atoms with Gasteiger partial charge in [0.1, 0.15) is 0 Å². The standard InChI is InChI=1S/C20H22Cl2N2O2.2ClH/c1-14-12-24(11-10-23(14)13-19(25)26)20(15-2-6-17(21)7-3-15)16-4-8-18(22)9-5-16;;/h2-9,14,20H,10-13H2,1H3,(H,25,26);2*1H. The van der Waals surface area contributed by atoms with E-state index in [-0.39, 0.29) is 43.4 Å². The minimum absolute atomic E-state index is 0. The summed E-state index contributed by atoms with van der Waals surface area (Å²) < 4.78 is 0. The van der Waals surface area contributed by atoms with Gasteiger partial charge in [-0.15, -0.1) is 24.8 Å². The van der Waals surface area contributed by atoms with Crippen LogP contribution in [0.2, 0.25) is 10.0 Å². The zero-order chi connectivity index (χ0) is 18.7. The number of carbonyl (C=O) groups is 1. The van der Waals surface area contributed by atoms with Crippen molar-refractivity contribution in [2.75, 3.05) is 26.2 Å². The van der Waals surface area contributed by atoms with Crippen LogP contribution in [-0.4, -0.2) is 53.1 Å². The van der Waals surface area contributed by atoms with Crippen molar-refractivity contribution in [2.24, 2.45) is 0 Å². The Morgan fingerprint density at radius 2 is 1.46 bits per heavy atom. The van der Waals surface area contributed by atoms with Crippen LogP contribution >= 0.6 is 48.0 Å². The molecule has 4 nitrogen and oxygen atoms in total. The summed E-state index contributed by atoms with van der Waals surface area (Å²) in [5, 5.41) is 10.5. The van der Waals surface area contributed by atoms with Crippen LogP contribution in [0.3, 0.4) is 0 Å². The highest BCUT2D eigenvalue weighted by molar-refractivity contribution is 6.30. The Morgan fingerprint density at radius 3 is 1.86 bits per heavy atom. The maximum absolute atomic E-state index is 11.1. The quantitative estimate of drug-likeness (QED) is 0.673. The van der Waals surface area contributed by atoms with E-state index in [0.717, 1.165) is 30.8 Å². The van der Waals surface area contributed by atoms with Crippen molar-refractivity contribution in [3.8, 4) is 0 Å². The molecule has 1 atom stereocenters. The molecule has 2 aromatic carbocycles. The zero-order valence-corrected chi connectivity index (χ0v) is 18.6. The first-order valence-electron chi connectivity index (χ1n) is 8.65. The smallest absolute Gasteiger partial charge is 0.317 e. The van der Waals surface area contributed by atoms with Crippen molar-refractivity contribution in [2.45, 2.75) is 19.0 Å². The first-order valence-corrected chi connectivity index (χ1v) is 9.40. The molecule has 154 valence electrons. The van der Waals surface area contributed by atoms with Gasteiger partial charge >= 0.3 is 5.97 Å². The fourth-order valence-electron chi connectivity index (χ4n) is 3.57. The van der Waals surface area contributed by atoms with E-state index in [1.165, 1.54) is 0 Å². The second-order valence-electron chi connectivity index (χ2n) is 6.71. The third kappa shape index (κ3) is 6.24. The summed E-state index contributed by atoms with van der Waals surface area (Å²) in [6.45, 7) is 4.49. The largest absolute Gasteiger partial charge is 0.480 e. The van der Waals surface area contributed by atoms with Gasteiger partial charge in [0.05, 0.1) is 12.6 Å². The van der Waals surface area contributed by atoms with E-state index in [1.54, 1.807) is 0 Å². The molecular formula is C20H24Cl4N2O2. The lowest BCUT2D eigenvalue weighted by atomic mass is 9.95. The van der Waals surface area contributed by atoms with Crippen LogP contribution in [0.5, 0.6) is 0 Å². The molecule has 0 spiro atoms. The molecule has 0 bridgehead atoms. The van der Waals surface area contributed by atoms with Crippen LogP contribution in [0.4, 0.5) is 0 Å². The van der Waals surface area contributed by atoms with Gasteiger partial charge in [0.25, 0.3) is 0 Å². The Balaban J connectivity index is 0.00000196. The van der Waals surface area contributed by atoms with E-state index in [9.17, 15) is 4.79 Å². The average Bonchev–Trinajstić information content (AvgIpc) is 2.60. The lowest BCUT2D eigenvalue weighted by Gasteiger charge is -2.43. The van der Waals surface area contributed by atoms with Gasteiger partial charge in [-0.3, -0.25) is 14.6 Å². The zero-order valence-electron chi connectivity index (χ0n) is 15.4. The Hall–Kier alpha value is -1.01. The van der Waals surface area contributed by atoms with Crippen LogP contribution in [-0.2, 0) is 4.79 Å². The maximum Gasteiger partial charge on any atom is 0.317 e. The van der Waals surface area contributed by atoms with Gasteiger partial charge in [-0.2, -0.15) is 0 Å². The molecule has 3 rings (SSSR count). The number of nitrogens with zero attached hydrogens (tertiary/aromatic N) is 2. The predicted octanol–water partition coefficient (Wildman–Crippen LogP) is 5.02. The molecule has 1 heterocycles. The highest BCUT2D eigenvalue weighted by atomic mass is 35.5. The number of piperazine rings is 1. The molecule has 0 aliphatic carbocycles. The van der Waals surface area contributed by atoms with Crippen molar-refractivity contribution in [3.05, 3.63) is 69.7 Å². The molecule has 0 amide bonds. The van der Waals surface area contributed by atoms with E-state index in [0.29, 0.717) is 10.0 Å². The van der Waals surface area contributed by atoms with Crippen LogP contribution in [0.25, 0.3) is 0 Å². The van der Waals surface area contributed by atoms with Crippen LogP contribution in [0.15, 0.2) is 48.5 Å². The third-order valence-electron chi connectivity index (χ3n) is 4.87. The predicted molar refractivity (Wildman–Crippen MR) is 119 cm³/mol. The first kappa shape index (κ1) is 25.0. The lowest BCUT2D eigenvalue weighted by molar-refractivity contribution is -0.139. The van der Waals surface area contributed by atoms with E-state index in [2.05, 4.69) is 36.1 Å². The number of carboxylic acids is 1. The molecule has 1 N–H and O–H groups in total. The molecule has 8 heteroatoms. The van der Waals surface area contributed by atoms with Crippen molar-refractivity contribution < 1.29 is 9.90 Å². The molecule has 1 aliphatic rings. The number of carboxylic acid groups (broad SMARTS) is 1. The summed E-state index contributed by atoms with van der Waals surface area (Å²) in [6.07, 6.45) is 0. The molecule has 1 unspecified atom stereocenters. The Morgan fingerprint density at radius 1 is 1.00 bits per heavy atom. The number of hydrogen-bond donors (Lipinski definition) is 1. The number of rotatable bonds is 5. The average molecular weight is 466 g/mol. The molecule has 0 radical (unpaired) electrons. The van der Waals surface area contributed by atoms with Gasteiger partial charge in [-0.05, 0) is 42.3 Å². The number of benzene rings is 2. The molecule has 0 aromatic heterocycles. The Labute approximate surface area is 188 Å². The van der Waals surface area contributed by atoms with E-state index in [1.807, 2.05) is 29.2 Å². The highest BCUT2D eigenvalue weighted by Gasteiger charge is 2.30. The summed E-state index contributed by atoms with van der Waals surface area (Å²) in [5.41, 5.74) is 2.33. The first-order chi connectivity index (χ1) is 12.4. The van der Waals surface area contributed by atoms with E-state index < -0.39 is 5.97 Å². The second kappa shape index (κ2) is 11.2. The summed E-state index contributed by atoms with van der Waals surface area (Å²) in [5.74, 6) is -0.780. The molecule has 2 aromatic rings. The van der Waals surface area contributed by atoms with Gasteiger partial charge in [-0.1, -0.05) is 47.5 Å². The van der Waals surface area contributed by atoms with Gasteiger partial charge < -0.3 is 5.11 Å². The molecule has 1 saturated heterocycles. The van der Waals surface area contributed by atoms with Gasteiger partial charge in [-0.25, -0.2) is 0 Å². The fourth-order valence-corrected chi connectivity index (χ4v) is 3.82. The van der Waals surface area contributed by atoms with Gasteiger partial charge in [0, 0.05) is 35.7 Å². The van der Waals surface area contributed by atoms with E-state index in [4.69, 9.17) is 28.3 Å². The summed E-state index contributed by atoms with van der Waals surface area (Å²) in [6, 6.07) is 16.1. The topological polar surface area (TPSA) is 43.8 Å². The van der Waals surface area contributed by atoms with Crippen molar-refractivity contribution in [3.63, 3.8) is 0 Å². The highest BCUT2D eigenvalue weighted by Crippen LogP contribution is 2.32. The molecule has 1 fully saturated rings. The number of aliphatic carboxylic acids is 1. The Bertz CT molecular complexity index is 710. The molecule has 0 saturated carbocycles. The van der Waals surface area contributed by atoms with Crippen molar-refractivity contribution in [1.82, 2.24) is 9.80 Å². The van der Waals surface area contributed by atoms with Crippen LogP contribution in [0, 0.1) is 0 Å². The molecule has 28 heavy (non-hydrogen) atoms. The van der Waals surface area contributed by atoms with Crippen LogP contribution in [0.1, 0.15) is 24.1 Å². The minimum atomic E-state index is -0.780. The Kier molecular flexibility index (Phi) is 10.1. The normalized spacial score (nSPS) is 17.6. The monoisotopic (exact) mass is 464 g/mol. The second-order valence-corrected chi connectivity index (χ2v) is 7.59. The minimum Gasteiger partial charge on any atom is -0.480 e. The van der Waals surface area contributed by atoms with Crippen LogP contribution < -0.4 is 0 Å².